The zero-order valence-electron chi connectivity index (χ0n) is 18.3. The first-order valence-electron chi connectivity index (χ1n) is 10.8. The number of aliphatic hydroxyl groups excluding tert-OH is 1. The fourth-order valence-electron chi connectivity index (χ4n) is 3.91. The number of nitrogens with zero attached hydrogens (tertiary/aromatic N) is 2. The van der Waals surface area contributed by atoms with Crippen molar-refractivity contribution in [2.45, 2.75) is 44.8 Å². The molecule has 2 aromatic carbocycles. The van der Waals surface area contributed by atoms with Crippen LogP contribution in [0.25, 0.3) is 28.5 Å². The van der Waals surface area contributed by atoms with E-state index in [9.17, 15) is 18.7 Å². The van der Waals surface area contributed by atoms with Gasteiger partial charge in [-0.25, -0.2) is 8.78 Å². The molecule has 0 spiro atoms. The molecule has 1 aliphatic rings. The molecule has 1 N–H and O–H groups in total. The lowest BCUT2D eigenvalue weighted by Gasteiger charge is -2.24. The molecule has 1 fully saturated rings. The van der Waals surface area contributed by atoms with Gasteiger partial charge in [-0.2, -0.15) is 5.10 Å². The van der Waals surface area contributed by atoms with Crippen LogP contribution < -0.4 is 0 Å². The maximum atomic E-state index is 13.7. The Morgan fingerprint density at radius 2 is 1.61 bits per heavy atom. The maximum absolute atomic E-state index is 13.7. The maximum Gasteiger partial charge on any atom is 0.309 e. The highest BCUT2D eigenvalue weighted by molar-refractivity contribution is 5.88. The lowest BCUT2D eigenvalue weighted by atomic mass is 9.90. The zero-order valence-corrected chi connectivity index (χ0v) is 18.3. The lowest BCUT2D eigenvalue weighted by molar-refractivity contribution is -0.156. The largest absolute Gasteiger partial charge is 0.458 e. The van der Waals surface area contributed by atoms with Gasteiger partial charge in [0.25, 0.3) is 0 Å². The molecule has 0 radical (unpaired) electrons. The van der Waals surface area contributed by atoms with Crippen LogP contribution in [0.3, 0.4) is 0 Å². The van der Waals surface area contributed by atoms with Crippen LogP contribution in [-0.2, 0) is 9.53 Å². The number of halogens is 2. The number of cyclic esters (lactones) is 1. The van der Waals surface area contributed by atoms with Crippen molar-refractivity contribution in [3.8, 4) is 22.4 Å². The van der Waals surface area contributed by atoms with Gasteiger partial charge in [0.2, 0.25) is 0 Å². The third kappa shape index (κ3) is 5.14. The molecule has 0 amide bonds. The summed E-state index contributed by atoms with van der Waals surface area (Å²) in [6, 6.07) is 12.0. The fourth-order valence-corrected chi connectivity index (χ4v) is 3.91. The van der Waals surface area contributed by atoms with E-state index in [4.69, 9.17) is 4.74 Å². The molecule has 5 nitrogen and oxygen atoms in total. The van der Waals surface area contributed by atoms with E-state index in [0.29, 0.717) is 34.5 Å². The second kappa shape index (κ2) is 9.58. The molecule has 7 heteroatoms. The van der Waals surface area contributed by atoms with Gasteiger partial charge in [-0.1, -0.05) is 32.1 Å². The van der Waals surface area contributed by atoms with E-state index < -0.39 is 18.2 Å². The minimum Gasteiger partial charge on any atom is -0.458 e. The number of ether oxygens (including phenoxy) is 1. The highest BCUT2D eigenvalue weighted by Gasteiger charge is 2.26. The molecule has 2 atom stereocenters. The standard InChI is InChI=1S/C26H24F2N2O3/c1-15(2)25-22(12-11-21-13-20(31)14-23(32)33-21)24(16-3-7-18(27)8-4-16)26(30-29-25)17-5-9-19(28)10-6-17/h3-12,15,20-21,31H,13-14H2,1-2H3/b12-11+. The number of benzene rings is 2. The number of rotatable bonds is 5. The molecule has 33 heavy (non-hydrogen) atoms. The summed E-state index contributed by atoms with van der Waals surface area (Å²) in [5.41, 5.74) is 4.05. The number of esters is 1. The molecule has 1 aromatic heterocycles. The van der Waals surface area contributed by atoms with Gasteiger partial charge in [0.1, 0.15) is 23.4 Å². The summed E-state index contributed by atoms with van der Waals surface area (Å²) >= 11 is 0. The van der Waals surface area contributed by atoms with Crippen molar-refractivity contribution < 1.29 is 23.4 Å². The average molecular weight is 450 g/mol. The van der Waals surface area contributed by atoms with Crippen LogP contribution in [0.15, 0.2) is 54.6 Å². The van der Waals surface area contributed by atoms with E-state index in [0.717, 1.165) is 5.56 Å². The zero-order chi connectivity index (χ0) is 23.5. The fraction of sp³-hybridized carbons (Fsp3) is 0.269. The van der Waals surface area contributed by atoms with Gasteiger partial charge < -0.3 is 9.84 Å². The van der Waals surface area contributed by atoms with Gasteiger partial charge >= 0.3 is 5.97 Å². The Balaban J connectivity index is 1.90. The summed E-state index contributed by atoms with van der Waals surface area (Å²) in [4.78, 5) is 11.8. The van der Waals surface area contributed by atoms with Crippen molar-refractivity contribution >= 4 is 12.0 Å². The highest BCUT2D eigenvalue weighted by atomic mass is 19.1. The van der Waals surface area contributed by atoms with Crippen LogP contribution in [0, 0.1) is 11.6 Å². The lowest BCUT2D eigenvalue weighted by Crippen LogP contribution is -2.31. The average Bonchev–Trinajstić information content (AvgIpc) is 2.77. The van der Waals surface area contributed by atoms with Crippen molar-refractivity contribution in [2.24, 2.45) is 0 Å². The third-order valence-corrected chi connectivity index (χ3v) is 5.50. The van der Waals surface area contributed by atoms with E-state index in [1.807, 2.05) is 19.9 Å². The van der Waals surface area contributed by atoms with Crippen LogP contribution in [-0.4, -0.2) is 33.5 Å². The van der Waals surface area contributed by atoms with Crippen molar-refractivity contribution in [1.29, 1.82) is 0 Å². The van der Waals surface area contributed by atoms with Gasteiger partial charge in [-0.15, -0.1) is 5.10 Å². The van der Waals surface area contributed by atoms with Gasteiger partial charge in [0.15, 0.2) is 0 Å². The quantitative estimate of drug-likeness (QED) is 0.535. The molecule has 1 saturated heterocycles. The Morgan fingerprint density at radius 1 is 1.00 bits per heavy atom. The summed E-state index contributed by atoms with van der Waals surface area (Å²) in [7, 11) is 0. The minimum atomic E-state index is -0.757. The first-order valence-corrected chi connectivity index (χ1v) is 10.8. The molecular weight excluding hydrogens is 426 g/mol. The molecule has 1 aliphatic heterocycles. The molecule has 0 bridgehead atoms. The van der Waals surface area contributed by atoms with Gasteiger partial charge in [0, 0.05) is 23.1 Å². The predicted octanol–water partition coefficient (Wildman–Crippen LogP) is 5.29. The van der Waals surface area contributed by atoms with Gasteiger partial charge in [-0.3, -0.25) is 4.79 Å². The number of aliphatic hydroxyl groups is 1. The van der Waals surface area contributed by atoms with E-state index in [-0.39, 0.29) is 24.0 Å². The highest BCUT2D eigenvalue weighted by Crippen LogP contribution is 2.37. The molecule has 0 aliphatic carbocycles. The summed E-state index contributed by atoms with van der Waals surface area (Å²) in [6.45, 7) is 3.97. The molecule has 2 heterocycles. The van der Waals surface area contributed by atoms with Crippen LogP contribution in [0.2, 0.25) is 0 Å². The number of hydrogen-bond acceptors (Lipinski definition) is 5. The third-order valence-electron chi connectivity index (χ3n) is 5.50. The summed E-state index contributed by atoms with van der Waals surface area (Å²) in [5.74, 6) is -1.18. The molecule has 0 saturated carbocycles. The summed E-state index contributed by atoms with van der Waals surface area (Å²) < 4.78 is 32.6. The van der Waals surface area contributed by atoms with Gasteiger partial charge in [-0.05, 0) is 54.0 Å². The van der Waals surface area contributed by atoms with E-state index in [1.165, 1.54) is 24.3 Å². The molecule has 2 unspecified atom stereocenters. The Bertz CT molecular complexity index is 1180. The Kier molecular flexibility index (Phi) is 6.60. The monoisotopic (exact) mass is 450 g/mol. The predicted molar refractivity (Wildman–Crippen MR) is 121 cm³/mol. The molecule has 3 aromatic rings. The smallest absolute Gasteiger partial charge is 0.309 e. The molecule has 170 valence electrons. The van der Waals surface area contributed by atoms with E-state index >= 15 is 0 Å². The van der Waals surface area contributed by atoms with Crippen molar-refractivity contribution in [1.82, 2.24) is 10.2 Å². The molecular formula is C26H24F2N2O3. The number of aromatic nitrogens is 2. The number of carbonyl (C=O) groups excluding carboxylic acids is 1. The summed E-state index contributed by atoms with van der Waals surface area (Å²) in [5, 5.41) is 18.8. The normalized spacial score (nSPS) is 18.7. The van der Waals surface area contributed by atoms with E-state index in [2.05, 4.69) is 10.2 Å². The minimum absolute atomic E-state index is 0.0121. The van der Waals surface area contributed by atoms with Crippen molar-refractivity contribution in [2.75, 3.05) is 0 Å². The second-order valence-electron chi connectivity index (χ2n) is 8.37. The summed E-state index contributed by atoms with van der Waals surface area (Å²) in [6.07, 6.45) is 2.48. The topological polar surface area (TPSA) is 72.3 Å². The number of hydrogen-bond donors (Lipinski definition) is 1. The van der Waals surface area contributed by atoms with Crippen LogP contribution in [0.4, 0.5) is 8.78 Å². The van der Waals surface area contributed by atoms with Gasteiger partial charge in [0.05, 0.1) is 18.2 Å². The van der Waals surface area contributed by atoms with Crippen LogP contribution in [0.5, 0.6) is 0 Å². The Labute approximate surface area is 190 Å². The Morgan fingerprint density at radius 3 is 2.18 bits per heavy atom. The first-order chi connectivity index (χ1) is 15.8. The number of carbonyl (C=O) groups is 1. The van der Waals surface area contributed by atoms with Crippen molar-refractivity contribution in [3.05, 3.63) is 77.5 Å². The van der Waals surface area contributed by atoms with Crippen LogP contribution in [0.1, 0.15) is 43.9 Å². The first kappa shape index (κ1) is 22.7. The SMILES string of the molecule is CC(C)c1nnc(-c2ccc(F)cc2)c(-c2ccc(F)cc2)c1/C=C/C1CC(O)CC(=O)O1. The van der Waals surface area contributed by atoms with Crippen LogP contribution >= 0.6 is 0 Å². The van der Waals surface area contributed by atoms with E-state index in [1.54, 1.807) is 30.3 Å². The Hall–Kier alpha value is -3.45. The molecule has 4 rings (SSSR count). The van der Waals surface area contributed by atoms with Crippen molar-refractivity contribution in [3.63, 3.8) is 0 Å². The second-order valence-corrected chi connectivity index (χ2v) is 8.37.